The van der Waals surface area contributed by atoms with Crippen LogP contribution < -0.4 is 5.73 Å². The molecule has 0 fully saturated rings. The Morgan fingerprint density at radius 1 is 1.28 bits per heavy atom. The summed E-state index contributed by atoms with van der Waals surface area (Å²) in [5.41, 5.74) is 9.85. The Hall–Kier alpha value is -1.32. The van der Waals surface area contributed by atoms with E-state index in [4.69, 9.17) is 17.3 Å². The molecule has 0 unspecified atom stereocenters. The first kappa shape index (κ1) is 13.1. The maximum Gasteiger partial charge on any atom is 0.0692 e. The molecule has 1 heterocycles. The average molecular weight is 264 g/mol. The van der Waals surface area contributed by atoms with Crippen molar-refractivity contribution in [1.82, 2.24) is 9.78 Å². The minimum absolute atomic E-state index is 0.394. The third kappa shape index (κ3) is 2.16. The summed E-state index contributed by atoms with van der Waals surface area (Å²) in [5.74, 6) is 0. The summed E-state index contributed by atoms with van der Waals surface area (Å²) in [6, 6.07) is 5.82. The van der Waals surface area contributed by atoms with Gasteiger partial charge in [-0.2, -0.15) is 5.10 Å². The predicted molar refractivity (Wildman–Crippen MR) is 75.3 cm³/mol. The van der Waals surface area contributed by atoms with E-state index in [0.717, 1.165) is 27.5 Å². The van der Waals surface area contributed by atoms with Gasteiger partial charge in [-0.05, 0) is 45.4 Å². The summed E-state index contributed by atoms with van der Waals surface area (Å²) in [6.07, 6.45) is 1.83. The summed E-state index contributed by atoms with van der Waals surface area (Å²) in [6.45, 7) is 7.97. The normalized spacial score (nSPS) is 11.9. The van der Waals surface area contributed by atoms with Gasteiger partial charge in [0, 0.05) is 21.8 Å². The molecule has 0 atom stereocenters. The number of rotatable bonds is 2. The maximum absolute atomic E-state index is 6.15. The highest BCUT2D eigenvalue weighted by atomic mass is 35.5. The largest absolute Gasteiger partial charge is 0.322 e. The fourth-order valence-electron chi connectivity index (χ4n) is 2.11. The van der Waals surface area contributed by atoms with Gasteiger partial charge < -0.3 is 5.73 Å². The quantitative estimate of drug-likeness (QED) is 0.903. The van der Waals surface area contributed by atoms with Crippen molar-refractivity contribution >= 4 is 11.6 Å². The van der Waals surface area contributed by atoms with E-state index in [1.807, 2.05) is 56.8 Å². The SMILES string of the molecule is Cc1c(Cl)cccc1-n1ncc(C(C)(C)N)c1C. The van der Waals surface area contributed by atoms with Gasteiger partial charge >= 0.3 is 0 Å². The number of benzene rings is 1. The molecule has 0 amide bonds. The van der Waals surface area contributed by atoms with E-state index in [1.165, 1.54) is 0 Å². The number of halogens is 1. The first-order valence-corrected chi connectivity index (χ1v) is 6.29. The van der Waals surface area contributed by atoms with E-state index in [-0.39, 0.29) is 0 Å². The molecule has 0 spiro atoms. The van der Waals surface area contributed by atoms with Gasteiger partial charge in [-0.15, -0.1) is 0 Å². The van der Waals surface area contributed by atoms with Crippen LogP contribution in [0, 0.1) is 13.8 Å². The second-order valence-corrected chi connectivity index (χ2v) is 5.57. The van der Waals surface area contributed by atoms with Crippen LogP contribution in [-0.4, -0.2) is 9.78 Å². The van der Waals surface area contributed by atoms with Crippen LogP contribution in [0.3, 0.4) is 0 Å². The molecule has 4 heteroatoms. The van der Waals surface area contributed by atoms with Crippen LogP contribution in [0.1, 0.15) is 30.7 Å². The number of hydrogen-bond acceptors (Lipinski definition) is 2. The van der Waals surface area contributed by atoms with Crippen LogP contribution >= 0.6 is 11.6 Å². The van der Waals surface area contributed by atoms with E-state index in [1.54, 1.807) is 0 Å². The molecule has 0 aliphatic heterocycles. The van der Waals surface area contributed by atoms with E-state index in [9.17, 15) is 0 Å². The Balaban J connectivity index is 2.60. The summed E-state index contributed by atoms with van der Waals surface area (Å²) in [7, 11) is 0. The molecule has 0 radical (unpaired) electrons. The minimum Gasteiger partial charge on any atom is -0.322 e. The molecule has 0 aliphatic carbocycles. The third-order valence-electron chi connectivity index (χ3n) is 3.17. The van der Waals surface area contributed by atoms with Crippen LogP contribution in [0.25, 0.3) is 5.69 Å². The standard InChI is InChI=1S/C14H18ClN3/c1-9-12(15)6-5-7-13(9)18-10(2)11(8-17-18)14(3,4)16/h5-8H,16H2,1-4H3. The van der Waals surface area contributed by atoms with Gasteiger partial charge in [0.2, 0.25) is 0 Å². The molecule has 0 saturated carbocycles. The fraction of sp³-hybridized carbons (Fsp3) is 0.357. The second-order valence-electron chi connectivity index (χ2n) is 5.16. The van der Waals surface area contributed by atoms with Crippen LogP contribution in [0.5, 0.6) is 0 Å². The van der Waals surface area contributed by atoms with E-state index in [2.05, 4.69) is 5.10 Å². The lowest BCUT2D eigenvalue weighted by molar-refractivity contribution is 0.550. The zero-order valence-corrected chi connectivity index (χ0v) is 11.9. The van der Waals surface area contributed by atoms with Crippen molar-refractivity contribution < 1.29 is 0 Å². The molecule has 1 aromatic carbocycles. The Morgan fingerprint density at radius 2 is 1.94 bits per heavy atom. The highest BCUT2D eigenvalue weighted by Crippen LogP contribution is 2.26. The molecule has 2 aromatic rings. The zero-order chi connectivity index (χ0) is 13.5. The Bertz CT molecular complexity index is 579. The summed E-state index contributed by atoms with van der Waals surface area (Å²) in [4.78, 5) is 0. The minimum atomic E-state index is -0.394. The van der Waals surface area contributed by atoms with Gasteiger partial charge in [-0.1, -0.05) is 17.7 Å². The molecule has 0 aliphatic rings. The van der Waals surface area contributed by atoms with Crippen molar-refractivity contribution in [3.63, 3.8) is 0 Å². The Morgan fingerprint density at radius 3 is 2.50 bits per heavy atom. The van der Waals surface area contributed by atoms with Crippen molar-refractivity contribution in [2.45, 2.75) is 33.2 Å². The van der Waals surface area contributed by atoms with Crippen molar-refractivity contribution in [2.75, 3.05) is 0 Å². The molecular formula is C14H18ClN3. The van der Waals surface area contributed by atoms with Crippen molar-refractivity contribution in [3.8, 4) is 5.69 Å². The van der Waals surface area contributed by atoms with Gasteiger partial charge in [-0.25, -0.2) is 4.68 Å². The highest BCUT2D eigenvalue weighted by molar-refractivity contribution is 6.31. The summed E-state index contributed by atoms with van der Waals surface area (Å²) >= 11 is 6.15. The smallest absolute Gasteiger partial charge is 0.0692 e. The van der Waals surface area contributed by atoms with Gasteiger partial charge in [0.25, 0.3) is 0 Å². The lowest BCUT2D eigenvalue weighted by Gasteiger charge is -2.18. The van der Waals surface area contributed by atoms with Crippen LogP contribution in [0.15, 0.2) is 24.4 Å². The van der Waals surface area contributed by atoms with Gasteiger partial charge in [0.15, 0.2) is 0 Å². The van der Waals surface area contributed by atoms with Crippen molar-refractivity contribution in [3.05, 3.63) is 46.2 Å². The fourth-order valence-corrected chi connectivity index (χ4v) is 2.28. The molecule has 3 nitrogen and oxygen atoms in total. The van der Waals surface area contributed by atoms with E-state index >= 15 is 0 Å². The molecular weight excluding hydrogens is 246 g/mol. The lowest BCUT2D eigenvalue weighted by atomic mass is 9.96. The number of aromatic nitrogens is 2. The summed E-state index contributed by atoms with van der Waals surface area (Å²) < 4.78 is 1.89. The monoisotopic (exact) mass is 263 g/mol. The van der Waals surface area contributed by atoms with Crippen LogP contribution in [-0.2, 0) is 5.54 Å². The maximum atomic E-state index is 6.15. The van der Waals surface area contributed by atoms with Crippen LogP contribution in [0.2, 0.25) is 5.02 Å². The molecule has 1 aromatic heterocycles. The van der Waals surface area contributed by atoms with Crippen LogP contribution in [0.4, 0.5) is 0 Å². The molecule has 0 bridgehead atoms. The Labute approximate surface area is 113 Å². The second kappa shape index (κ2) is 4.41. The molecule has 0 saturated heterocycles. The van der Waals surface area contributed by atoms with Crippen molar-refractivity contribution in [2.24, 2.45) is 5.73 Å². The highest BCUT2D eigenvalue weighted by Gasteiger charge is 2.21. The molecule has 2 rings (SSSR count). The molecule has 18 heavy (non-hydrogen) atoms. The number of nitrogens with zero attached hydrogens (tertiary/aromatic N) is 2. The average Bonchev–Trinajstić information content (AvgIpc) is 2.64. The number of hydrogen-bond donors (Lipinski definition) is 1. The lowest BCUT2D eigenvalue weighted by Crippen LogP contribution is -2.29. The van der Waals surface area contributed by atoms with E-state index in [0.29, 0.717) is 0 Å². The zero-order valence-electron chi connectivity index (χ0n) is 11.2. The number of nitrogens with two attached hydrogens (primary N) is 1. The topological polar surface area (TPSA) is 43.8 Å². The Kier molecular flexibility index (Phi) is 3.21. The van der Waals surface area contributed by atoms with E-state index < -0.39 is 5.54 Å². The molecule has 2 N–H and O–H groups in total. The molecule has 96 valence electrons. The predicted octanol–water partition coefficient (Wildman–Crippen LogP) is 3.34. The third-order valence-corrected chi connectivity index (χ3v) is 3.58. The first-order chi connectivity index (χ1) is 8.32. The van der Waals surface area contributed by atoms with Gasteiger partial charge in [-0.3, -0.25) is 0 Å². The van der Waals surface area contributed by atoms with Gasteiger partial charge in [0.05, 0.1) is 11.9 Å². The van der Waals surface area contributed by atoms with Gasteiger partial charge in [0.1, 0.15) is 0 Å². The van der Waals surface area contributed by atoms with Crippen molar-refractivity contribution in [1.29, 1.82) is 0 Å². The first-order valence-electron chi connectivity index (χ1n) is 5.92. The summed E-state index contributed by atoms with van der Waals surface area (Å²) in [5, 5.41) is 5.18.